The van der Waals surface area contributed by atoms with E-state index in [2.05, 4.69) is 15.5 Å². The van der Waals surface area contributed by atoms with Gasteiger partial charge in [0.2, 0.25) is 5.13 Å². The van der Waals surface area contributed by atoms with E-state index < -0.39 is 0 Å². The molecule has 3 N–H and O–H groups in total. The molecule has 0 atom stereocenters. The largest absolute Gasteiger partial charge is 0.488 e. The highest BCUT2D eigenvalue weighted by molar-refractivity contribution is 7.14. The van der Waals surface area contributed by atoms with E-state index in [4.69, 9.17) is 45.3 Å². The van der Waals surface area contributed by atoms with Crippen LogP contribution in [-0.4, -0.2) is 11.2 Å². The van der Waals surface area contributed by atoms with Gasteiger partial charge in [0.25, 0.3) is 0 Å². The average molecular weight is 428 g/mol. The Morgan fingerprint density at radius 2 is 1.96 bits per heavy atom. The topological polar surface area (TPSA) is 72.5 Å². The zero-order valence-corrected chi connectivity index (χ0v) is 16.3. The van der Waals surface area contributed by atoms with Crippen molar-refractivity contribution in [2.45, 2.75) is 6.61 Å². The fourth-order valence-corrected chi connectivity index (χ4v) is 3.30. The van der Waals surface area contributed by atoms with Crippen LogP contribution in [0.3, 0.4) is 0 Å². The molecule has 0 saturated heterocycles. The van der Waals surface area contributed by atoms with Crippen LogP contribution in [0.5, 0.6) is 5.75 Å². The van der Waals surface area contributed by atoms with Gasteiger partial charge in [-0.1, -0.05) is 40.9 Å². The molecule has 1 aromatic heterocycles. The van der Waals surface area contributed by atoms with Gasteiger partial charge in [0.05, 0.1) is 6.21 Å². The Kier molecular flexibility index (Phi) is 6.21. The lowest BCUT2D eigenvalue weighted by molar-refractivity contribution is 0.306. The molecule has 134 valence electrons. The summed E-state index contributed by atoms with van der Waals surface area (Å²) >= 11 is 19.8. The second kappa shape index (κ2) is 8.60. The Morgan fingerprint density at radius 1 is 1.19 bits per heavy atom. The summed E-state index contributed by atoms with van der Waals surface area (Å²) in [7, 11) is 0. The Bertz CT molecular complexity index is 925. The van der Waals surface area contributed by atoms with Crippen molar-refractivity contribution in [3.63, 3.8) is 0 Å². The molecule has 0 aliphatic rings. The Balaban J connectivity index is 1.75. The number of benzene rings is 2. The number of rotatable bonds is 6. The number of hydrogen-bond acceptors (Lipinski definition) is 6. The third kappa shape index (κ3) is 4.80. The molecule has 0 amide bonds. The van der Waals surface area contributed by atoms with Gasteiger partial charge in [-0.2, -0.15) is 5.10 Å². The van der Waals surface area contributed by atoms with Crippen LogP contribution in [-0.2, 0) is 6.61 Å². The number of nitrogens with one attached hydrogen (secondary N) is 1. The molecule has 0 saturated carbocycles. The maximum absolute atomic E-state index is 6.18. The van der Waals surface area contributed by atoms with Crippen molar-refractivity contribution in [3.05, 3.63) is 68.0 Å². The summed E-state index contributed by atoms with van der Waals surface area (Å²) in [5.41, 5.74) is 9.79. The minimum Gasteiger partial charge on any atom is -0.488 e. The summed E-state index contributed by atoms with van der Waals surface area (Å²) in [6, 6.07) is 10.5. The van der Waals surface area contributed by atoms with Crippen molar-refractivity contribution in [3.8, 4) is 5.75 Å². The minimum absolute atomic E-state index is 0.220. The van der Waals surface area contributed by atoms with Crippen LogP contribution in [0.1, 0.15) is 11.1 Å². The molecule has 0 unspecified atom stereocenters. The highest BCUT2D eigenvalue weighted by Gasteiger charge is 2.09. The zero-order valence-electron chi connectivity index (χ0n) is 13.2. The van der Waals surface area contributed by atoms with Crippen molar-refractivity contribution < 1.29 is 4.74 Å². The van der Waals surface area contributed by atoms with Crippen LogP contribution < -0.4 is 15.9 Å². The van der Waals surface area contributed by atoms with Crippen LogP contribution in [0.15, 0.2) is 46.9 Å². The number of nitrogens with zero attached hydrogens (tertiary/aromatic N) is 2. The van der Waals surface area contributed by atoms with E-state index in [0.29, 0.717) is 42.9 Å². The van der Waals surface area contributed by atoms with Gasteiger partial charge in [-0.05, 0) is 30.3 Å². The number of aromatic nitrogens is 1. The van der Waals surface area contributed by atoms with E-state index in [1.807, 2.05) is 0 Å². The van der Waals surface area contributed by atoms with Crippen molar-refractivity contribution in [1.82, 2.24) is 4.98 Å². The average Bonchev–Trinajstić information content (AvgIpc) is 3.01. The molecule has 5 nitrogen and oxygen atoms in total. The summed E-state index contributed by atoms with van der Waals surface area (Å²) in [5.74, 6) is 1.03. The molecule has 0 radical (unpaired) electrons. The van der Waals surface area contributed by atoms with Gasteiger partial charge in [0.15, 0.2) is 0 Å². The third-order valence-electron chi connectivity index (χ3n) is 3.29. The van der Waals surface area contributed by atoms with E-state index in [1.165, 1.54) is 11.3 Å². The first-order chi connectivity index (χ1) is 12.5. The van der Waals surface area contributed by atoms with E-state index in [1.54, 1.807) is 48.0 Å². The van der Waals surface area contributed by atoms with Crippen LogP contribution in [0.25, 0.3) is 0 Å². The summed E-state index contributed by atoms with van der Waals surface area (Å²) in [5, 5.41) is 8.11. The standard InChI is InChI=1S/C17H13Cl3N4OS/c18-11-4-5-15(25-8-12-13(19)2-1-3-14(12)20)10(6-11)7-22-24-17-23-16(21)9-26-17/h1-7,9H,8,21H2,(H,23,24). The number of nitrogen functional groups attached to an aromatic ring is 1. The highest BCUT2D eigenvalue weighted by atomic mass is 35.5. The molecular weight excluding hydrogens is 415 g/mol. The van der Waals surface area contributed by atoms with Crippen molar-refractivity contribution in [2.24, 2.45) is 5.10 Å². The molecule has 0 aliphatic carbocycles. The first kappa shape index (κ1) is 18.8. The number of hydrazone groups is 1. The first-order valence-corrected chi connectivity index (χ1v) is 9.39. The Hall–Kier alpha value is -1.99. The molecule has 1 heterocycles. The Morgan fingerprint density at radius 3 is 2.65 bits per heavy atom. The molecular formula is C17H13Cl3N4OS. The van der Waals surface area contributed by atoms with Crippen LogP contribution >= 0.6 is 46.1 Å². The summed E-state index contributed by atoms with van der Waals surface area (Å²) < 4.78 is 5.87. The predicted octanol–water partition coefficient (Wildman–Crippen LogP) is 5.71. The zero-order chi connectivity index (χ0) is 18.5. The summed E-state index contributed by atoms with van der Waals surface area (Å²) in [6.45, 7) is 0.220. The molecule has 3 aromatic rings. The fourth-order valence-electron chi connectivity index (χ4n) is 2.07. The molecule has 0 spiro atoms. The van der Waals surface area contributed by atoms with Gasteiger partial charge >= 0.3 is 0 Å². The smallest absolute Gasteiger partial charge is 0.205 e. The van der Waals surface area contributed by atoms with E-state index in [-0.39, 0.29) is 6.61 Å². The van der Waals surface area contributed by atoms with E-state index in [0.717, 1.165) is 0 Å². The van der Waals surface area contributed by atoms with Crippen LogP contribution in [0, 0.1) is 0 Å². The van der Waals surface area contributed by atoms with Gasteiger partial charge in [-0.15, -0.1) is 11.3 Å². The lowest BCUT2D eigenvalue weighted by Crippen LogP contribution is -2.00. The number of ether oxygens (including phenoxy) is 1. The van der Waals surface area contributed by atoms with Gasteiger partial charge in [0, 0.05) is 31.6 Å². The molecule has 2 aromatic carbocycles. The van der Waals surface area contributed by atoms with Crippen LogP contribution in [0.2, 0.25) is 15.1 Å². The number of hydrogen-bond donors (Lipinski definition) is 2. The van der Waals surface area contributed by atoms with Crippen molar-refractivity contribution in [2.75, 3.05) is 11.2 Å². The number of thiazole rings is 1. The molecule has 9 heteroatoms. The number of halogens is 3. The monoisotopic (exact) mass is 426 g/mol. The van der Waals surface area contributed by atoms with Gasteiger partial charge < -0.3 is 10.5 Å². The first-order valence-electron chi connectivity index (χ1n) is 7.38. The Labute approximate surface area is 169 Å². The summed E-state index contributed by atoms with van der Waals surface area (Å²) in [6.07, 6.45) is 1.59. The maximum atomic E-state index is 6.18. The van der Waals surface area contributed by atoms with E-state index in [9.17, 15) is 0 Å². The molecule has 3 rings (SSSR count). The molecule has 26 heavy (non-hydrogen) atoms. The van der Waals surface area contributed by atoms with E-state index >= 15 is 0 Å². The van der Waals surface area contributed by atoms with Gasteiger partial charge in [0.1, 0.15) is 18.2 Å². The summed E-state index contributed by atoms with van der Waals surface area (Å²) in [4.78, 5) is 4.06. The lowest BCUT2D eigenvalue weighted by atomic mass is 10.2. The number of anilines is 2. The lowest BCUT2D eigenvalue weighted by Gasteiger charge is -2.11. The quantitative estimate of drug-likeness (QED) is 0.390. The maximum Gasteiger partial charge on any atom is 0.205 e. The number of nitrogens with two attached hydrogens (primary N) is 1. The SMILES string of the molecule is Nc1csc(NN=Cc2cc(Cl)ccc2OCc2c(Cl)cccc2Cl)n1. The minimum atomic E-state index is 0.220. The highest BCUT2D eigenvalue weighted by Crippen LogP contribution is 2.28. The van der Waals surface area contributed by atoms with Crippen molar-refractivity contribution >= 4 is 63.3 Å². The van der Waals surface area contributed by atoms with Crippen molar-refractivity contribution in [1.29, 1.82) is 0 Å². The van der Waals surface area contributed by atoms with Gasteiger partial charge in [-0.3, -0.25) is 5.43 Å². The third-order valence-corrected chi connectivity index (χ3v) is 5.00. The van der Waals surface area contributed by atoms with Gasteiger partial charge in [-0.25, -0.2) is 4.98 Å². The normalized spacial score (nSPS) is 11.0. The molecule has 0 bridgehead atoms. The van der Waals surface area contributed by atoms with Crippen LogP contribution in [0.4, 0.5) is 10.9 Å². The molecule has 0 fully saturated rings. The second-order valence-corrected chi connectivity index (χ2v) is 7.23. The predicted molar refractivity (Wildman–Crippen MR) is 110 cm³/mol. The second-order valence-electron chi connectivity index (χ2n) is 5.12. The molecule has 0 aliphatic heterocycles. The fraction of sp³-hybridized carbons (Fsp3) is 0.0588.